The van der Waals surface area contributed by atoms with Gasteiger partial charge in [0.1, 0.15) is 5.60 Å². The Hall–Kier alpha value is -3.10. The van der Waals surface area contributed by atoms with Crippen molar-refractivity contribution < 1.29 is 23.9 Å². The molecule has 31 heavy (non-hydrogen) atoms. The van der Waals surface area contributed by atoms with Gasteiger partial charge in [-0.2, -0.15) is 5.10 Å². The molecule has 1 saturated heterocycles. The number of likely N-dealkylation sites (tertiary alicyclic amines) is 1. The van der Waals surface area contributed by atoms with Crippen molar-refractivity contribution in [2.75, 3.05) is 6.54 Å². The van der Waals surface area contributed by atoms with Gasteiger partial charge in [-0.3, -0.25) is 19.2 Å². The molecule has 9 heteroatoms. The van der Waals surface area contributed by atoms with Crippen molar-refractivity contribution in [3.8, 4) is 0 Å². The number of rotatable bonds is 4. The molecular weight excluding hydrogens is 400 g/mol. The first-order valence-electron chi connectivity index (χ1n) is 10.4. The summed E-state index contributed by atoms with van der Waals surface area (Å²) in [6, 6.07) is 7.24. The minimum absolute atomic E-state index is 0.0916. The van der Waals surface area contributed by atoms with Crippen LogP contribution in [0.2, 0.25) is 0 Å². The summed E-state index contributed by atoms with van der Waals surface area (Å²) in [6.45, 7) is 10.7. The lowest BCUT2D eigenvalue weighted by molar-refractivity contribution is -0.152. The number of esters is 1. The second kappa shape index (κ2) is 8.56. The van der Waals surface area contributed by atoms with Crippen molar-refractivity contribution in [3.05, 3.63) is 30.0 Å². The number of ether oxygens (including phenoxy) is 2. The quantitative estimate of drug-likeness (QED) is 0.747. The molecule has 1 N–H and O–H groups in total. The topological polar surface area (TPSA) is 103 Å². The monoisotopic (exact) mass is 430 g/mol. The minimum Gasteiger partial charge on any atom is -0.444 e. The van der Waals surface area contributed by atoms with E-state index in [9.17, 15) is 14.4 Å². The summed E-state index contributed by atoms with van der Waals surface area (Å²) >= 11 is 0. The van der Waals surface area contributed by atoms with Gasteiger partial charge in [-0.15, -0.1) is 0 Å². The number of hydrogen-bond donors (Lipinski definition) is 1. The second-order valence-corrected chi connectivity index (χ2v) is 9.01. The van der Waals surface area contributed by atoms with Gasteiger partial charge in [0.2, 0.25) is 0 Å². The maximum atomic E-state index is 13.1. The van der Waals surface area contributed by atoms with E-state index in [1.54, 1.807) is 20.8 Å². The van der Waals surface area contributed by atoms with Crippen LogP contribution in [0.25, 0.3) is 10.9 Å². The van der Waals surface area contributed by atoms with Gasteiger partial charge in [0.25, 0.3) is 5.91 Å². The minimum atomic E-state index is -0.803. The zero-order chi connectivity index (χ0) is 22.9. The zero-order valence-electron chi connectivity index (χ0n) is 18.8. The number of nitrogens with one attached hydrogen (secondary N) is 1. The molecule has 2 heterocycles. The average molecular weight is 431 g/mol. The van der Waals surface area contributed by atoms with Gasteiger partial charge in [0, 0.05) is 31.3 Å². The highest BCUT2D eigenvalue weighted by Crippen LogP contribution is 2.25. The Balaban J connectivity index is 1.79. The number of aromatic nitrogens is 2. The molecule has 0 radical (unpaired) electrons. The lowest BCUT2D eigenvalue weighted by atomic mass is 10.2. The lowest BCUT2D eigenvalue weighted by Crippen LogP contribution is -2.43. The average Bonchev–Trinajstić information content (AvgIpc) is 3.21. The number of hydrogen-bond acceptors (Lipinski definition) is 6. The van der Waals surface area contributed by atoms with Crippen LogP contribution in [0.1, 0.15) is 64.5 Å². The van der Waals surface area contributed by atoms with Gasteiger partial charge in [0.15, 0.2) is 11.9 Å². The highest BCUT2D eigenvalue weighted by atomic mass is 16.6. The fourth-order valence-electron chi connectivity index (χ4n) is 3.62. The van der Waals surface area contributed by atoms with Gasteiger partial charge in [-0.1, -0.05) is 18.2 Å². The fourth-order valence-corrected chi connectivity index (χ4v) is 3.62. The van der Waals surface area contributed by atoms with Crippen LogP contribution < -0.4 is 5.32 Å². The lowest BCUT2D eigenvalue weighted by Gasteiger charge is -2.27. The van der Waals surface area contributed by atoms with Crippen LogP contribution in [0.4, 0.5) is 4.79 Å². The zero-order valence-corrected chi connectivity index (χ0v) is 18.8. The van der Waals surface area contributed by atoms with Crippen molar-refractivity contribution in [1.29, 1.82) is 0 Å². The third-order valence-electron chi connectivity index (χ3n) is 4.83. The predicted molar refractivity (Wildman–Crippen MR) is 114 cm³/mol. The van der Waals surface area contributed by atoms with Gasteiger partial charge < -0.3 is 14.8 Å². The van der Waals surface area contributed by atoms with Gasteiger partial charge >= 0.3 is 12.1 Å². The maximum absolute atomic E-state index is 13.1. The number of carbonyl (C=O) groups is 3. The van der Waals surface area contributed by atoms with E-state index in [0.717, 1.165) is 10.9 Å². The Morgan fingerprint density at radius 3 is 2.48 bits per heavy atom. The summed E-state index contributed by atoms with van der Waals surface area (Å²) in [5.41, 5.74) is 0.508. The smallest absolute Gasteiger partial charge is 0.413 e. The Labute approximate surface area is 181 Å². The van der Waals surface area contributed by atoms with E-state index in [4.69, 9.17) is 9.47 Å². The van der Waals surface area contributed by atoms with Gasteiger partial charge in [0.05, 0.1) is 11.6 Å². The fraction of sp³-hybridized carbons (Fsp3) is 0.545. The summed E-state index contributed by atoms with van der Waals surface area (Å²) < 4.78 is 12.5. The number of fused-ring (bicyclic) bond motifs is 1. The van der Waals surface area contributed by atoms with Crippen LogP contribution in [-0.4, -0.2) is 57.1 Å². The summed E-state index contributed by atoms with van der Waals surface area (Å²) in [5, 5.41) is 8.21. The first-order valence-corrected chi connectivity index (χ1v) is 10.4. The molecule has 1 aliphatic rings. The molecule has 2 amide bonds. The number of nitrogens with zero attached hydrogens (tertiary/aromatic N) is 3. The standard InChI is InChI=1S/C22H30N4O5/c1-13(2)26-17-10-8-7-9-16(17)19(24-26)20(28)23-15-11-18(30-14(3)27)25(12-15)21(29)31-22(4,5)6/h7-10,13,15,18H,11-12H2,1-6H3,(H,23,28)/t15-,18-/m0/s1. The molecule has 0 spiro atoms. The highest BCUT2D eigenvalue weighted by molar-refractivity contribution is 6.05. The molecule has 2 aromatic rings. The molecular formula is C22H30N4O5. The number of carbonyl (C=O) groups excluding carboxylic acids is 3. The van der Waals surface area contributed by atoms with Crippen LogP contribution in [0.3, 0.4) is 0 Å². The molecule has 168 valence electrons. The van der Waals surface area contributed by atoms with Crippen molar-refractivity contribution in [3.63, 3.8) is 0 Å². The largest absolute Gasteiger partial charge is 0.444 e. The number of para-hydroxylation sites is 1. The number of amides is 2. The maximum Gasteiger partial charge on any atom is 0.413 e. The number of benzene rings is 1. The molecule has 1 aliphatic heterocycles. The van der Waals surface area contributed by atoms with E-state index < -0.39 is 29.9 Å². The van der Waals surface area contributed by atoms with E-state index in [2.05, 4.69) is 10.4 Å². The Morgan fingerprint density at radius 2 is 1.87 bits per heavy atom. The molecule has 9 nitrogen and oxygen atoms in total. The Morgan fingerprint density at radius 1 is 1.19 bits per heavy atom. The van der Waals surface area contributed by atoms with Crippen LogP contribution in [0.5, 0.6) is 0 Å². The summed E-state index contributed by atoms with van der Waals surface area (Å²) in [6.07, 6.45) is -1.12. The molecule has 2 atom stereocenters. The van der Waals surface area contributed by atoms with Crippen LogP contribution in [0, 0.1) is 0 Å². The Bertz CT molecular complexity index is 991. The molecule has 0 aliphatic carbocycles. The van der Waals surface area contributed by atoms with Crippen molar-refractivity contribution in [2.45, 2.75) is 71.9 Å². The molecule has 0 saturated carbocycles. The van der Waals surface area contributed by atoms with Crippen molar-refractivity contribution in [2.24, 2.45) is 0 Å². The predicted octanol–water partition coefficient (Wildman–Crippen LogP) is 3.25. The third kappa shape index (κ3) is 5.15. The van der Waals surface area contributed by atoms with Crippen LogP contribution in [0.15, 0.2) is 24.3 Å². The van der Waals surface area contributed by atoms with E-state index in [1.807, 2.05) is 42.8 Å². The summed E-state index contributed by atoms with van der Waals surface area (Å²) in [4.78, 5) is 38.5. The van der Waals surface area contributed by atoms with E-state index in [-0.39, 0.29) is 24.9 Å². The summed E-state index contributed by atoms with van der Waals surface area (Å²) in [5.74, 6) is -0.847. The molecule has 0 bridgehead atoms. The molecule has 1 aromatic heterocycles. The van der Waals surface area contributed by atoms with E-state index >= 15 is 0 Å². The molecule has 1 fully saturated rings. The van der Waals surface area contributed by atoms with Crippen molar-refractivity contribution in [1.82, 2.24) is 20.0 Å². The van der Waals surface area contributed by atoms with Crippen LogP contribution in [-0.2, 0) is 14.3 Å². The van der Waals surface area contributed by atoms with Crippen molar-refractivity contribution >= 4 is 28.9 Å². The molecule has 0 unspecified atom stereocenters. The summed E-state index contributed by atoms with van der Waals surface area (Å²) in [7, 11) is 0. The second-order valence-electron chi connectivity index (χ2n) is 9.01. The first kappa shape index (κ1) is 22.6. The first-order chi connectivity index (χ1) is 14.5. The third-order valence-corrected chi connectivity index (χ3v) is 4.83. The van der Waals surface area contributed by atoms with E-state index in [1.165, 1.54) is 11.8 Å². The highest BCUT2D eigenvalue weighted by Gasteiger charge is 2.40. The molecule has 1 aromatic carbocycles. The van der Waals surface area contributed by atoms with Gasteiger partial charge in [-0.05, 0) is 40.7 Å². The van der Waals surface area contributed by atoms with Gasteiger partial charge in [-0.25, -0.2) is 4.79 Å². The van der Waals surface area contributed by atoms with E-state index in [0.29, 0.717) is 5.69 Å². The molecule has 3 rings (SSSR count). The Kier molecular flexibility index (Phi) is 6.24. The van der Waals surface area contributed by atoms with Crippen LogP contribution >= 0.6 is 0 Å². The normalized spacial score (nSPS) is 19.0. The SMILES string of the molecule is CC(=O)O[C@H]1C[C@H](NC(=O)c2nn(C(C)C)c3ccccc23)CN1C(=O)OC(C)(C)C.